The van der Waals surface area contributed by atoms with E-state index in [1.807, 2.05) is 19.2 Å². The molecular weight excluding hydrogens is 215 g/mol. The van der Waals surface area contributed by atoms with Gasteiger partial charge in [-0.05, 0) is 30.7 Å². The minimum absolute atomic E-state index is 0.00750. The fourth-order valence-corrected chi connectivity index (χ4v) is 1.82. The van der Waals surface area contributed by atoms with E-state index in [9.17, 15) is 4.39 Å². The Kier molecular flexibility index (Phi) is 2.73. The molecular formula is C11H10ClFN2. The van der Waals surface area contributed by atoms with Gasteiger partial charge in [-0.2, -0.15) is 5.10 Å². The summed E-state index contributed by atoms with van der Waals surface area (Å²) in [7, 11) is 0. The van der Waals surface area contributed by atoms with Crippen LogP contribution in [-0.4, -0.2) is 9.78 Å². The largest absolute Gasteiger partial charge is 0.265 e. The Balaban J connectivity index is 2.38. The summed E-state index contributed by atoms with van der Waals surface area (Å²) in [6.45, 7) is 1.96. The average Bonchev–Trinajstić information content (AvgIpc) is 2.69. The van der Waals surface area contributed by atoms with Gasteiger partial charge in [0.25, 0.3) is 0 Å². The van der Waals surface area contributed by atoms with Crippen molar-refractivity contribution in [1.82, 2.24) is 9.78 Å². The fourth-order valence-electron chi connectivity index (χ4n) is 1.49. The van der Waals surface area contributed by atoms with Crippen LogP contribution in [0, 0.1) is 5.82 Å². The average molecular weight is 225 g/mol. The smallest absolute Gasteiger partial charge is 0.124 e. The lowest BCUT2D eigenvalue weighted by Gasteiger charge is -2.14. The lowest BCUT2D eigenvalue weighted by Crippen LogP contribution is -2.07. The van der Waals surface area contributed by atoms with Gasteiger partial charge in [-0.3, -0.25) is 4.68 Å². The van der Waals surface area contributed by atoms with Crippen molar-refractivity contribution in [3.63, 3.8) is 0 Å². The van der Waals surface area contributed by atoms with E-state index in [1.165, 1.54) is 12.1 Å². The van der Waals surface area contributed by atoms with Gasteiger partial charge in [0, 0.05) is 17.4 Å². The van der Waals surface area contributed by atoms with Crippen LogP contribution >= 0.6 is 11.6 Å². The number of rotatable bonds is 2. The normalized spacial score (nSPS) is 12.7. The number of hydrogen-bond donors (Lipinski definition) is 0. The third-order valence-electron chi connectivity index (χ3n) is 2.33. The van der Waals surface area contributed by atoms with E-state index < -0.39 is 0 Å². The number of aromatic nitrogens is 2. The van der Waals surface area contributed by atoms with E-state index in [1.54, 1.807) is 16.9 Å². The van der Waals surface area contributed by atoms with Crippen molar-refractivity contribution in [1.29, 1.82) is 0 Å². The van der Waals surface area contributed by atoms with E-state index in [-0.39, 0.29) is 11.9 Å². The molecule has 1 atom stereocenters. The van der Waals surface area contributed by atoms with E-state index >= 15 is 0 Å². The van der Waals surface area contributed by atoms with Gasteiger partial charge in [0.2, 0.25) is 0 Å². The van der Waals surface area contributed by atoms with Crippen molar-refractivity contribution < 1.29 is 4.39 Å². The fraction of sp³-hybridized carbons (Fsp3) is 0.182. The van der Waals surface area contributed by atoms with E-state index in [0.29, 0.717) is 5.02 Å². The van der Waals surface area contributed by atoms with E-state index in [4.69, 9.17) is 11.6 Å². The lowest BCUT2D eigenvalue weighted by molar-refractivity contribution is 0.561. The Morgan fingerprint density at radius 2 is 2.27 bits per heavy atom. The molecule has 1 aromatic heterocycles. The van der Waals surface area contributed by atoms with Crippen molar-refractivity contribution in [2.24, 2.45) is 0 Å². The van der Waals surface area contributed by atoms with Crippen molar-refractivity contribution in [3.05, 3.63) is 53.1 Å². The van der Waals surface area contributed by atoms with Crippen LogP contribution in [-0.2, 0) is 0 Å². The molecule has 0 amide bonds. The third-order valence-corrected chi connectivity index (χ3v) is 2.66. The Hall–Kier alpha value is -1.35. The second kappa shape index (κ2) is 4.03. The Labute approximate surface area is 92.3 Å². The molecule has 0 saturated heterocycles. The van der Waals surface area contributed by atoms with Crippen LogP contribution in [0.1, 0.15) is 18.5 Å². The Morgan fingerprint density at radius 3 is 2.87 bits per heavy atom. The molecule has 0 saturated carbocycles. The number of hydrogen-bond acceptors (Lipinski definition) is 1. The minimum atomic E-state index is -0.323. The van der Waals surface area contributed by atoms with Gasteiger partial charge in [0.15, 0.2) is 0 Å². The minimum Gasteiger partial charge on any atom is -0.265 e. The molecule has 2 aromatic rings. The molecule has 0 N–H and O–H groups in total. The highest BCUT2D eigenvalue weighted by molar-refractivity contribution is 6.31. The molecule has 4 heteroatoms. The van der Waals surface area contributed by atoms with Crippen molar-refractivity contribution in [2.75, 3.05) is 0 Å². The topological polar surface area (TPSA) is 17.8 Å². The molecule has 1 unspecified atom stereocenters. The van der Waals surface area contributed by atoms with Crippen LogP contribution in [0.3, 0.4) is 0 Å². The molecule has 1 aromatic carbocycles. The van der Waals surface area contributed by atoms with Crippen LogP contribution in [0.15, 0.2) is 36.7 Å². The monoisotopic (exact) mass is 224 g/mol. The SMILES string of the molecule is CC(c1ccc(F)cc1Cl)n1cccn1. The molecule has 2 nitrogen and oxygen atoms in total. The summed E-state index contributed by atoms with van der Waals surface area (Å²) in [5.74, 6) is -0.323. The zero-order valence-electron chi connectivity index (χ0n) is 8.19. The Morgan fingerprint density at radius 1 is 1.47 bits per heavy atom. The number of nitrogens with zero attached hydrogens (tertiary/aromatic N) is 2. The lowest BCUT2D eigenvalue weighted by atomic mass is 10.1. The zero-order valence-corrected chi connectivity index (χ0v) is 8.95. The van der Waals surface area contributed by atoms with Gasteiger partial charge < -0.3 is 0 Å². The van der Waals surface area contributed by atoms with Gasteiger partial charge in [0.1, 0.15) is 5.82 Å². The summed E-state index contributed by atoms with van der Waals surface area (Å²) in [5, 5.41) is 4.55. The number of halogens is 2. The van der Waals surface area contributed by atoms with Crippen LogP contribution in [0.25, 0.3) is 0 Å². The molecule has 0 radical (unpaired) electrons. The van der Waals surface area contributed by atoms with Gasteiger partial charge in [-0.15, -0.1) is 0 Å². The second-order valence-electron chi connectivity index (χ2n) is 3.33. The maximum absolute atomic E-state index is 12.8. The summed E-state index contributed by atoms with van der Waals surface area (Å²) in [5.41, 5.74) is 0.863. The number of benzene rings is 1. The predicted octanol–water partition coefficient (Wildman–Crippen LogP) is 3.28. The van der Waals surface area contributed by atoms with Gasteiger partial charge >= 0.3 is 0 Å². The highest BCUT2D eigenvalue weighted by Gasteiger charge is 2.11. The highest BCUT2D eigenvalue weighted by Crippen LogP contribution is 2.25. The van der Waals surface area contributed by atoms with Crippen molar-refractivity contribution >= 4 is 11.6 Å². The molecule has 0 fully saturated rings. The molecule has 15 heavy (non-hydrogen) atoms. The van der Waals surface area contributed by atoms with Crippen LogP contribution in [0.2, 0.25) is 5.02 Å². The first-order chi connectivity index (χ1) is 7.18. The molecule has 0 aliphatic heterocycles. The molecule has 0 aliphatic carbocycles. The predicted molar refractivity (Wildman–Crippen MR) is 57.5 cm³/mol. The van der Waals surface area contributed by atoms with Crippen LogP contribution < -0.4 is 0 Å². The standard InChI is InChI=1S/C11H10ClFN2/c1-8(15-6-2-5-14-15)10-4-3-9(13)7-11(10)12/h2-8H,1H3. The molecule has 0 spiro atoms. The first-order valence-electron chi connectivity index (χ1n) is 4.62. The summed E-state index contributed by atoms with van der Waals surface area (Å²) in [6, 6.07) is 6.25. The van der Waals surface area contributed by atoms with Crippen molar-refractivity contribution in [3.8, 4) is 0 Å². The second-order valence-corrected chi connectivity index (χ2v) is 3.74. The third kappa shape index (κ3) is 2.02. The van der Waals surface area contributed by atoms with Crippen LogP contribution in [0.4, 0.5) is 4.39 Å². The Bertz CT molecular complexity index is 454. The van der Waals surface area contributed by atoms with Crippen molar-refractivity contribution in [2.45, 2.75) is 13.0 Å². The summed E-state index contributed by atoms with van der Waals surface area (Å²) in [4.78, 5) is 0. The first kappa shape index (κ1) is 10.2. The zero-order chi connectivity index (χ0) is 10.8. The maximum Gasteiger partial charge on any atom is 0.124 e. The van der Waals surface area contributed by atoms with Gasteiger partial charge in [0.05, 0.1) is 6.04 Å². The molecule has 0 bridgehead atoms. The maximum atomic E-state index is 12.8. The summed E-state index contributed by atoms with van der Waals surface area (Å²) < 4.78 is 14.6. The van der Waals surface area contributed by atoms with Gasteiger partial charge in [-0.25, -0.2) is 4.39 Å². The molecule has 0 aliphatic rings. The van der Waals surface area contributed by atoms with E-state index in [2.05, 4.69) is 5.10 Å². The molecule has 2 rings (SSSR count). The summed E-state index contributed by atoms with van der Waals surface area (Å²) in [6.07, 6.45) is 3.55. The first-order valence-corrected chi connectivity index (χ1v) is 5.00. The van der Waals surface area contributed by atoms with Gasteiger partial charge in [-0.1, -0.05) is 17.7 Å². The highest BCUT2D eigenvalue weighted by atomic mass is 35.5. The summed E-state index contributed by atoms with van der Waals surface area (Å²) >= 11 is 5.96. The van der Waals surface area contributed by atoms with Crippen LogP contribution in [0.5, 0.6) is 0 Å². The molecule has 1 heterocycles. The molecule has 78 valence electrons. The van der Waals surface area contributed by atoms with E-state index in [0.717, 1.165) is 5.56 Å². The quantitative estimate of drug-likeness (QED) is 0.766.